The number of hydrogen-bond acceptors (Lipinski definition) is 4. The molecule has 3 rings (SSSR count). The predicted octanol–water partition coefficient (Wildman–Crippen LogP) is 1.75. The number of primary sulfonamides is 1. The lowest BCUT2D eigenvalue weighted by molar-refractivity contribution is 0.102. The summed E-state index contributed by atoms with van der Waals surface area (Å²) < 4.78 is 24.3. The van der Waals surface area contributed by atoms with E-state index in [1.54, 1.807) is 12.4 Å². The van der Waals surface area contributed by atoms with E-state index in [0.717, 1.165) is 0 Å². The molecule has 3 N–H and O–H groups in total. The van der Waals surface area contributed by atoms with Gasteiger partial charge in [-0.3, -0.25) is 9.48 Å². The van der Waals surface area contributed by atoms with Crippen LogP contribution in [0.4, 0.5) is 5.69 Å². The van der Waals surface area contributed by atoms with Crippen molar-refractivity contribution in [2.75, 3.05) is 5.32 Å². The van der Waals surface area contributed by atoms with Crippen molar-refractivity contribution in [1.29, 1.82) is 0 Å². The van der Waals surface area contributed by atoms with Crippen molar-refractivity contribution in [2.24, 2.45) is 11.1 Å². The van der Waals surface area contributed by atoms with E-state index < -0.39 is 10.0 Å². The highest BCUT2D eigenvalue weighted by Gasteiger charge is 2.29. The fourth-order valence-corrected chi connectivity index (χ4v) is 2.93. The Kier molecular flexibility index (Phi) is 3.95. The van der Waals surface area contributed by atoms with Crippen LogP contribution in [0.5, 0.6) is 0 Å². The minimum atomic E-state index is -3.76. The van der Waals surface area contributed by atoms with E-state index in [4.69, 9.17) is 5.14 Å². The summed E-state index contributed by atoms with van der Waals surface area (Å²) in [5.41, 5.74) is 0.957. The maximum atomic E-state index is 12.2. The largest absolute Gasteiger partial charge is 0.319 e. The molecule has 1 unspecified atom stereocenters. The molecule has 1 heterocycles. The maximum absolute atomic E-state index is 12.2. The van der Waals surface area contributed by atoms with Gasteiger partial charge in [0.15, 0.2) is 0 Å². The molecule has 23 heavy (non-hydrogen) atoms. The molecule has 1 aromatic heterocycles. The van der Waals surface area contributed by atoms with Crippen molar-refractivity contribution in [3.63, 3.8) is 0 Å². The number of benzene rings is 1. The molecule has 1 aromatic carbocycles. The summed E-state index contributed by atoms with van der Waals surface area (Å²) >= 11 is 0. The number of nitrogens with zero attached hydrogens (tertiary/aromatic N) is 2. The quantitative estimate of drug-likeness (QED) is 0.868. The summed E-state index contributed by atoms with van der Waals surface area (Å²) in [5, 5.41) is 12.1. The van der Waals surface area contributed by atoms with Crippen LogP contribution in [0.3, 0.4) is 0 Å². The molecule has 1 aliphatic carbocycles. The molecular weight excluding hydrogens is 316 g/mol. The molecule has 8 heteroatoms. The number of anilines is 1. The summed E-state index contributed by atoms with van der Waals surface area (Å²) in [6.07, 6.45) is 5.85. The monoisotopic (exact) mass is 334 g/mol. The minimum Gasteiger partial charge on any atom is -0.319 e. The van der Waals surface area contributed by atoms with Crippen LogP contribution >= 0.6 is 0 Å². The zero-order chi connectivity index (χ0) is 16.6. The lowest BCUT2D eigenvalue weighted by Crippen LogP contribution is -2.14. The average molecular weight is 334 g/mol. The first kappa shape index (κ1) is 15.7. The van der Waals surface area contributed by atoms with Crippen LogP contribution in [0.1, 0.15) is 36.2 Å². The molecule has 1 atom stereocenters. The molecule has 1 amide bonds. The van der Waals surface area contributed by atoms with E-state index in [1.807, 2.05) is 4.68 Å². The molecule has 0 bridgehead atoms. The van der Waals surface area contributed by atoms with Crippen molar-refractivity contribution in [3.8, 4) is 0 Å². The van der Waals surface area contributed by atoms with Gasteiger partial charge in [-0.15, -0.1) is 0 Å². The van der Waals surface area contributed by atoms with Crippen LogP contribution in [-0.2, 0) is 10.0 Å². The second-order valence-corrected chi connectivity index (χ2v) is 7.37. The molecule has 1 saturated carbocycles. The first-order chi connectivity index (χ1) is 10.8. The Morgan fingerprint density at radius 3 is 2.57 bits per heavy atom. The van der Waals surface area contributed by atoms with Gasteiger partial charge in [-0.2, -0.15) is 5.10 Å². The molecule has 122 valence electrons. The van der Waals surface area contributed by atoms with E-state index >= 15 is 0 Å². The smallest absolute Gasteiger partial charge is 0.255 e. The van der Waals surface area contributed by atoms with Crippen molar-refractivity contribution in [1.82, 2.24) is 9.78 Å². The number of hydrogen-bond donors (Lipinski definition) is 2. The van der Waals surface area contributed by atoms with Gasteiger partial charge >= 0.3 is 0 Å². The number of carbonyl (C=O) groups excluding carboxylic acids is 1. The van der Waals surface area contributed by atoms with Crippen LogP contribution in [0.25, 0.3) is 0 Å². The van der Waals surface area contributed by atoms with Crippen LogP contribution in [0.2, 0.25) is 0 Å². The normalized spacial score (nSPS) is 16.1. The Morgan fingerprint density at radius 2 is 2.00 bits per heavy atom. The molecule has 0 spiro atoms. The van der Waals surface area contributed by atoms with E-state index in [1.165, 1.54) is 37.1 Å². The van der Waals surface area contributed by atoms with Crippen molar-refractivity contribution in [2.45, 2.75) is 30.7 Å². The summed E-state index contributed by atoms with van der Waals surface area (Å²) in [4.78, 5) is 12.1. The Morgan fingerprint density at radius 1 is 1.35 bits per heavy atom. The zero-order valence-electron chi connectivity index (χ0n) is 12.6. The van der Waals surface area contributed by atoms with Crippen molar-refractivity contribution in [3.05, 3.63) is 42.2 Å². The molecule has 0 radical (unpaired) electrons. The van der Waals surface area contributed by atoms with E-state index in [-0.39, 0.29) is 10.8 Å². The average Bonchev–Trinajstić information content (AvgIpc) is 3.26. The van der Waals surface area contributed by atoms with Gasteiger partial charge in [0.1, 0.15) is 0 Å². The van der Waals surface area contributed by atoms with Gasteiger partial charge < -0.3 is 5.32 Å². The van der Waals surface area contributed by atoms with Crippen LogP contribution in [0.15, 0.2) is 41.6 Å². The van der Waals surface area contributed by atoms with E-state index in [0.29, 0.717) is 23.2 Å². The summed E-state index contributed by atoms with van der Waals surface area (Å²) in [6.45, 7) is 2.11. The lowest BCUT2D eigenvalue weighted by atomic mass is 10.2. The van der Waals surface area contributed by atoms with Gasteiger partial charge in [0.25, 0.3) is 5.91 Å². The van der Waals surface area contributed by atoms with Crippen LogP contribution < -0.4 is 10.5 Å². The second kappa shape index (κ2) is 5.78. The molecule has 1 aliphatic rings. The third-order valence-electron chi connectivity index (χ3n) is 4.03. The number of nitrogens with one attached hydrogen (secondary N) is 1. The fraction of sp³-hybridized carbons (Fsp3) is 0.333. The van der Waals surface area contributed by atoms with Gasteiger partial charge in [0.05, 0.1) is 22.8 Å². The second-order valence-electron chi connectivity index (χ2n) is 5.81. The summed E-state index contributed by atoms with van der Waals surface area (Å²) in [7, 11) is -3.76. The number of aromatic nitrogens is 2. The van der Waals surface area contributed by atoms with Crippen LogP contribution in [-0.4, -0.2) is 24.1 Å². The Bertz CT molecular complexity index is 823. The molecule has 0 aliphatic heterocycles. The highest BCUT2D eigenvalue weighted by Crippen LogP contribution is 2.39. The summed E-state index contributed by atoms with van der Waals surface area (Å²) in [5.74, 6) is 0.341. The van der Waals surface area contributed by atoms with Crippen molar-refractivity contribution < 1.29 is 13.2 Å². The highest BCUT2D eigenvalue weighted by atomic mass is 32.2. The number of carbonyl (C=O) groups is 1. The molecule has 2 aromatic rings. The SMILES string of the molecule is CC(C1CC1)n1cc(NC(=O)c2ccc(S(N)(=O)=O)cc2)cn1. The molecular formula is C15H18N4O3S. The van der Waals surface area contributed by atoms with Crippen LogP contribution in [0, 0.1) is 5.92 Å². The van der Waals surface area contributed by atoms with Crippen molar-refractivity contribution >= 4 is 21.6 Å². The number of rotatable bonds is 5. The first-order valence-electron chi connectivity index (χ1n) is 7.33. The number of sulfonamides is 1. The standard InChI is InChI=1S/C15H18N4O3S/c1-10(11-2-3-11)19-9-13(8-17-19)18-15(20)12-4-6-14(7-5-12)23(16,21)22/h4-11H,2-3H2,1H3,(H,18,20)(H2,16,21,22). The zero-order valence-corrected chi connectivity index (χ0v) is 13.5. The van der Waals surface area contributed by atoms with Gasteiger partial charge in [-0.05, 0) is 49.9 Å². The topological polar surface area (TPSA) is 107 Å². The minimum absolute atomic E-state index is 0.0277. The van der Waals surface area contributed by atoms with E-state index in [9.17, 15) is 13.2 Å². The molecule has 0 saturated heterocycles. The Hall–Kier alpha value is -2.19. The summed E-state index contributed by atoms with van der Waals surface area (Å²) in [6, 6.07) is 5.79. The molecule has 1 fully saturated rings. The van der Waals surface area contributed by atoms with Gasteiger partial charge in [-0.1, -0.05) is 0 Å². The van der Waals surface area contributed by atoms with Gasteiger partial charge in [-0.25, -0.2) is 13.6 Å². The third-order valence-corrected chi connectivity index (χ3v) is 4.96. The van der Waals surface area contributed by atoms with Gasteiger partial charge in [0.2, 0.25) is 10.0 Å². The van der Waals surface area contributed by atoms with Gasteiger partial charge in [0, 0.05) is 11.8 Å². The number of nitrogens with two attached hydrogens (primary N) is 1. The maximum Gasteiger partial charge on any atom is 0.255 e. The molecule has 7 nitrogen and oxygen atoms in total. The Labute approximate surface area is 134 Å². The Balaban J connectivity index is 1.69. The predicted molar refractivity (Wildman–Crippen MR) is 85.4 cm³/mol. The highest BCUT2D eigenvalue weighted by molar-refractivity contribution is 7.89. The number of amides is 1. The lowest BCUT2D eigenvalue weighted by Gasteiger charge is -2.09. The third kappa shape index (κ3) is 3.59. The van der Waals surface area contributed by atoms with E-state index in [2.05, 4.69) is 17.3 Å². The first-order valence-corrected chi connectivity index (χ1v) is 8.87. The fourth-order valence-electron chi connectivity index (χ4n) is 2.42.